The molecule has 1 N–H and O–H groups in total. The largest absolute Gasteiger partial charge is 0.492 e. The Balaban J connectivity index is 2.32. The van der Waals surface area contributed by atoms with E-state index in [0.717, 1.165) is 0 Å². The van der Waals surface area contributed by atoms with Crippen LogP contribution in [0.3, 0.4) is 0 Å². The van der Waals surface area contributed by atoms with Crippen molar-refractivity contribution in [3.63, 3.8) is 0 Å². The maximum absolute atomic E-state index is 12.1. The van der Waals surface area contributed by atoms with Crippen molar-refractivity contribution in [2.24, 2.45) is 0 Å². The van der Waals surface area contributed by atoms with E-state index in [9.17, 15) is 9.59 Å². The number of para-hydroxylation sites is 2. The number of rotatable bonds is 4. The van der Waals surface area contributed by atoms with Crippen molar-refractivity contribution in [2.75, 3.05) is 25.1 Å². The maximum Gasteiger partial charge on any atom is 0.328 e. The minimum Gasteiger partial charge on any atom is -0.492 e. The maximum atomic E-state index is 12.1. The first-order valence-corrected chi connectivity index (χ1v) is 6.05. The molecule has 6 nitrogen and oxygen atoms in total. The monoisotopic (exact) mass is 264 g/mol. The van der Waals surface area contributed by atoms with Crippen LogP contribution in [0.4, 0.5) is 10.5 Å². The zero-order valence-electron chi connectivity index (χ0n) is 10.9. The van der Waals surface area contributed by atoms with Crippen molar-refractivity contribution < 1.29 is 19.4 Å². The number of nitrogens with zero attached hydrogens (tertiary/aromatic N) is 2. The molecule has 6 heteroatoms. The van der Waals surface area contributed by atoms with Gasteiger partial charge in [-0.25, -0.2) is 9.59 Å². The Bertz CT molecular complexity index is 503. The second-order valence-electron chi connectivity index (χ2n) is 4.26. The summed E-state index contributed by atoms with van der Waals surface area (Å²) in [6.07, 6.45) is 0. The number of hydrogen-bond acceptors (Lipinski definition) is 3. The normalized spacial score (nSPS) is 18.8. The summed E-state index contributed by atoms with van der Waals surface area (Å²) in [6, 6.07) is 5.95. The van der Waals surface area contributed by atoms with Crippen molar-refractivity contribution >= 4 is 17.7 Å². The molecule has 0 bridgehead atoms. The van der Waals surface area contributed by atoms with Crippen LogP contribution in [0.1, 0.15) is 6.92 Å². The van der Waals surface area contributed by atoms with E-state index in [1.807, 2.05) is 13.0 Å². The summed E-state index contributed by atoms with van der Waals surface area (Å²) in [4.78, 5) is 25.9. The first kappa shape index (κ1) is 13.2. The number of hydrogen-bond donors (Lipinski definition) is 1. The highest BCUT2D eigenvalue weighted by Gasteiger charge is 2.40. The molecular formula is C13H16N2O4. The fourth-order valence-corrected chi connectivity index (χ4v) is 2.10. The van der Waals surface area contributed by atoms with E-state index in [0.29, 0.717) is 18.0 Å². The van der Waals surface area contributed by atoms with Gasteiger partial charge in [0.1, 0.15) is 11.8 Å². The quantitative estimate of drug-likeness (QED) is 0.892. The molecule has 1 aromatic rings. The van der Waals surface area contributed by atoms with Gasteiger partial charge in [0.05, 0.1) is 18.8 Å². The zero-order valence-corrected chi connectivity index (χ0v) is 10.9. The molecule has 1 heterocycles. The molecule has 19 heavy (non-hydrogen) atoms. The van der Waals surface area contributed by atoms with Gasteiger partial charge in [0.15, 0.2) is 0 Å². The average Bonchev–Trinajstić information content (AvgIpc) is 2.68. The number of amides is 2. The highest BCUT2D eigenvalue weighted by atomic mass is 16.5. The van der Waals surface area contributed by atoms with E-state index in [4.69, 9.17) is 9.84 Å². The number of carbonyl (C=O) groups is 2. The SMILES string of the molecule is CCOc1ccccc1N1CC(C(=O)O)N(C)C1=O. The summed E-state index contributed by atoms with van der Waals surface area (Å²) >= 11 is 0. The number of aliphatic carboxylic acids is 1. The lowest BCUT2D eigenvalue weighted by molar-refractivity contribution is -0.140. The number of carboxylic acid groups (broad SMARTS) is 1. The van der Waals surface area contributed by atoms with Crippen molar-refractivity contribution in [2.45, 2.75) is 13.0 Å². The average molecular weight is 264 g/mol. The van der Waals surface area contributed by atoms with E-state index < -0.39 is 12.0 Å². The lowest BCUT2D eigenvalue weighted by Gasteiger charge is -2.19. The minimum atomic E-state index is -1.01. The number of benzene rings is 1. The molecule has 102 valence electrons. The standard InChI is InChI=1S/C13H16N2O4/c1-3-19-11-7-5-4-6-9(11)15-8-10(12(16)17)14(2)13(15)18/h4-7,10H,3,8H2,1-2H3,(H,16,17). The predicted octanol–water partition coefficient (Wildman–Crippen LogP) is 1.41. The van der Waals surface area contributed by atoms with Crippen LogP contribution in [0.25, 0.3) is 0 Å². The van der Waals surface area contributed by atoms with Gasteiger partial charge >= 0.3 is 12.0 Å². The Kier molecular flexibility index (Phi) is 3.59. The van der Waals surface area contributed by atoms with E-state index >= 15 is 0 Å². The molecule has 1 atom stereocenters. The Morgan fingerprint density at radius 1 is 1.47 bits per heavy atom. The van der Waals surface area contributed by atoms with Crippen molar-refractivity contribution in [3.8, 4) is 5.75 Å². The number of urea groups is 1. The molecule has 1 fully saturated rings. The summed E-state index contributed by atoms with van der Waals surface area (Å²) in [7, 11) is 1.49. The van der Waals surface area contributed by atoms with Crippen LogP contribution in [0, 0.1) is 0 Å². The van der Waals surface area contributed by atoms with Gasteiger partial charge in [-0.05, 0) is 19.1 Å². The Morgan fingerprint density at radius 2 is 2.16 bits per heavy atom. The van der Waals surface area contributed by atoms with Crippen LogP contribution < -0.4 is 9.64 Å². The molecule has 1 aromatic carbocycles. The van der Waals surface area contributed by atoms with Crippen molar-refractivity contribution in [1.82, 2.24) is 4.90 Å². The fourth-order valence-electron chi connectivity index (χ4n) is 2.10. The summed E-state index contributed by atoms with van der Waals surface area (Å²) in [5.74, 6) is -0.426. The molecule has 1 saturated heterocycles. The predicted molar refractivity (Wildman–Crippen MR) is 69.5 cm³/mol. The van der Waals surface area contributed by atoms with Crippen LogP contribution in [-0.4, -0.2) is 48.2 Å². The Morgan fingerprint density at radius 3 is 2.74 bits per heavy atom. The molecule has 0 aliphatic carbocycles. The highest BCUT2D eigenvalue weighted by Crippen LogP contribution is 2.31. The van der Waals surface area contributed by atoms with Gasteiger partial charge in [-0.3, -0.25) is 4.90 Å². The van der Waals surface area contributed by atoms with Crippen LogP contribution in [0.2, 0.25) is 0 Å². The van der Waals surface area contributed by atoms with Crippen molar-refractivity contribution in [1.29, 1.82) is 0 Å². The number of carbonyl (C=O) groups excluding carboxylic acids is 1. The van der Waals surface area contributed by atoms with Crippen LogP contribution in [0.15, 0.2) is 24.3 Å². The van der Waals surface area contributed by atoms with E-state index in [1.54, 1.807) is 18.2 Å². The third-order valence-corrected chi connectivity index (χ3v) is 3.10. The third-order valence-electron chi connectivity index (χ3n) is 3.10. The Labute approximate surface area is 111 Å². The summed E-state index contributed by atoms with van der Waals surface area (Å²) in [5.41, 5.74) is 0.602. The molecule has 0 spiro atoms. The van der Waals surface area contributed by atoms with Gasteiger partial charge in [0.25, 0.3) is 0 Å². The fraction of sp³-hybridized carbons (Fsp3) is 0.385. The van der Waals surface area contributed by atoms with E-state index in [-0.39, 0.29) is 12.6 Å². The van der Waals surface area contributed by atoms with Crippen LogP contribution in [-0.2, 0) is 4.79 Å². The first-order chi connectivity index (χ1) is 9.06. The van der Waals surface area contributed by atoms with Gasteiger partial charge in [-0.1, -0.05) is 12.1 Å². The molecule has 0 aromatic heterocycles. The number of anilines is 1. The van der Waals surface area contributed by atoms with E-state index in [1.165, 1.54) is 16.8 Å². The second kappa shape index (κ2) is 5.17. The zero-order chi connectivity index (χ0) is 14.0. The summed E-state index contributed by atoms with van der Waals surface area (Å²) in [5, 5.41) is 9.09. The van der Waals surface area contributed by atoms with Gasteiger partial charge in [0.2, 0.25) is 0 Å². The molecule has 1 aliphatic rings. The highest BCUT2D eigenvalue weighted by molar-refractivity contribution is 5.99. The molecule has 1 unspecified atom stereocenters. The number of ether oxygens (including phenoxy) is 1. The smallest absolute Gasteiger partial charge is 0.328 e. The Hall–Kier alpha value is -2.24. The molecule has 0 saturated carbocycles. The summed E-state index contributed by atoms with van der Waals surface area (Å²) in [6.45, 7) is 2.46. The first-order valence-electron chi connectivity index (χ1n) is 6.05. The van der Waals surface area contributed by atoms with Gasteiger partial charge in [-0.2, -0.15) is 0 Å². The number of likely N-dealkylation sites (N-methyl/N-ethyl adjacent to an activating group) is 1. The number of carboxylic acids is 1. The lowest BCUT2D eigenvalue weighted by atomic mass is 10.2. The van der Waals surface area contributed by atoms with Gasteiger partial charge in [-0.15, -0.1) is 0 Å². The van der Waals surface area contributed by atoms with Gasteiger partial charge in [0, 0.05) is 7.05 Å². The van der Waals surface area contributed by atoms with Gasteiger partial charge < -0.3 is 14.7 Å². The second-order valence-corrected chi connectivity index (χ2v) is 4.26. The van der Waals surface area contributed by atoms with Crippen molar-refractivity contribution in [3.05, 3.63) is 24.3 Å². The van der Waals surface area contributed by atoms with E-state index in [2.05, 4.69) is 0 Å². The third kappa shape index (κ3) is 2.33. The lowest BCUT2D eigenvalue weighted by Crippen LogP contribution is -2.36. The topological polar surface area (TPSA) is 70.1 Å². The molecular weight excluding hydrogens is 248 g/mol. The molecule has 2 amide bonds. The van der Waals surface area contributed by atoms with Crippen LogP contribution in [0.5, 0.6) is 5.75 Å². The molecule has 2 rings (SSSR count). The minimum absolute atomic E-state index is 0.120. The van der Waals surface area contributed by atoms with Crippen LogP contribution >= 0.6 is 0 Å². The summed E-state index contributed by atoms with van der Waals surface area (Å²) < 4.78 is 5.47. The molecule has 1 aliphatic heterocycles. The molecule has 0 radical (unpaired) electrons.